The fourth-order valence-corrected chi connectivity index (χ4v) is 1.29. The van der Waals surface area contributed by atoms with Gasteiger partial charge in [-0.05, 0) is 12.8 Å². The van der Waals surface area contributed by atoms with Crippen LogP contribution in [-0.2, 0) is 0 Å². The Morgan fingerprint density at radius 2 is 1.67 bits per heavy atom. The maximum absolute atomic E-state index is 4.37. The quantitative estimate of drug-likeness (QED) is 0.772. The maximum atomic E-state index is 4.37. The van der Waals surface area contributed by atoms with Crippen molar-refractivity contribution >= 4 is 17.8 Å². The Balaban J connectivity index is 2.82. The van der Waals surface area contributed by atoms with Crippen LogP contribution in [0.1, 0.15) is 27.2 Å². The average molecular weight is 252 g/mol. The number of anilines is 3. The lowest BCUT2D eigenvalue weighted by atomic mass is 10.1. The van der Waals surface area contributed by atoms with Gasteiger partial charge in [-0.2, -0.15) is 15.0 Å². The number of rotatable bonds is 7. The van der Waals surface area contributed by atoms with Crippen molar-refractivity contribution in [1.29, 1.82) is 0 Å². The highest BCUT2D eigenvalue weighted by atomic mass is 15.3. The Bertz CT molecular complexity index is 366. The van der Waals surface area contributed by atoms with Crippen LogP contribution in [0.25, 0.3) is 0 Å². The third-order valence-corrected chi connectivity index (χ3v) is 2.66. The lowest BCUT2D eigenvalue weighted by molar-refractivity contribution is 0.591. The second-order valence-corrected chi connectivity index (χ2v) is 4.60. The molecule has 1 aromatic rings. The van der Waals surface area contributed by atoms with Crippen LogP contribution < -0.4 is 15.5 Å². The minimum Gasteiger partial charge on any atom is -0.354 e. The zero-order valence-corrected chi connectivity index (χ0v) is 12.0. The predicted molar refractivity (Wildman–Crippen MR) is 76.3 cm³/mol. The second-order valence-electron chi connectivity index (χ2n) is 4.60. The lowest BCUT2D eigenvalue weighted by Crippen LogP contribution is -2.18. The van der Waals surface area contributed by atoms with Gasteiger partial charge < -0.3 is 15.5 Å². The Morgan fingerprint density at radius 1 is 1.06 bits per heavy atom. The van der Waals surface area contributed by atoms with Gasteiger partial charge in [-0.1, -0.05) is 20.3 Å². The molecule has 0 aliphatic rings. The van der Waals surface area contributed by atoms with Gasteiger partial charge in [-0.25, -0.2) is 0 Å². The smallest absolute Gasteiger partial charge is 0.231 e. The molecule has 2 N–H and O–H groups in total. The highest BCUT2D eigenvalue weighted by Crippen LogP contribution is 2.12. The minimum atomic E-state index is 0.604. The lowest BCUT2D eigenvalue weighted by Gasteiger charge is -2.15. The van der Waals surface area contributed by atoms with Gasteiger partial charge in [-0.3, -0.25) is 0 Å². The Labute approximate surface area is 109 Å². The molecule has 1 rings (SSSR count). The van der Waals surface area contributed by atoms with Crippen molar-refractivity contribution in [2.75, 3.05) is 42.7 Å². The third-order valence-electron chi connectivity index (χ3n) is 2.66. The second kappa shape index (κ2) is 6.98. The molecule has 102 valence electrons. The van der Waals surface area contributed by atoms with Crippen molar-refractivity contribution in [3.8, 4) is 0 Å². The van der Waals surface area contributed by atoms with Crippen molar-refractivity contribution in [1.82, 2.24) is 15.0 Å². The van der Waals surface area contributed by atoms with Crippen molar-refractivity contribution in [2.24, 2.45) is 5.92 Å². The topological polar surface area (TPSA) is 66.0 Å². The molecule has 0 saturated heterocycles. The highest BCUT2D eigenvalue weighted by molar-refractivity contribution is 5.42. The van der Waals surface area contributed by atoms with Crippen molar-refractivity contribution in [3.05, 3.63) is 0 Å². The van der Waals surface area contributed by atoms with E-state index in [1.807, 2.05) is 25.9 Å². The molecule has 0 aromatic carbocycles. The third kappa shape index (κ3) is 4.35. The summed E-state index contributed by atoms with van der Waals surface area (Å²) < 4.78 is 0. The first kappa shape index (κ1) is 14.5. The molecule has 0 amide bonds. The highest BCUT2D eigenvalue weighted by Gasteiger charge is 2.08. The molecule has 6 heteroatoms. The van der Waals surface area contributed by atoms with E-state index in [0.29, 0.717) is 23.8 Å². The summed E-state index contributed by atoms with van der Waals surface area (Å²) in [6.45, 7) is 8.06. The summed E-state index contributed by atoms with van der Waals surface area (Å²) in [5, 5.41) is 6.38. The normalized spacial score (nSPS) is 12.1. The van der Waals surface area contributed by atoms with Crippen LogP contribution >= 0.6 is 0 Å². The van der Waals surface area contributed by atoms with Crippen molar-refractivity contribution < 1.29 is 0 Å². The number of nitrogens with zero attached hydrogens (tertiary/aromatic N) is 4. The van der Waals surface area contributed by atoms with Gasteiger partial charge in [0.1, 0.15) is 0 Å². The SMILES string of the molecule is CCNc1nc(NCC(C)CC)nc(N(C)C)n1. The fourth-order valence-electron chi connectivity index (χ4n) is 1.29. The Hall–Kier alpha value is -1.59. The van der Waals surface area contributed by atoms with Gasteiger partial charge in [0.05, 0.1) is 0 Å². The molecule has 1 atom stereocenters. The summed E-state index contributed by atoms with van der Waals surface area (Å²) in [6.07, 6.45) is 1.14. The molecule has 0 saturated carbocycles. The molecule has 18 heavy (non-hydrogen) atoms. The van der Waals surface area contributed by atoms with Gasteiger partial charge >= 0.3 is 0 Å². The molecule has 0 aliphatic heterocycles. The maximum Gasteiger partial charge on any atom is 0.231 e. The predicted octanol–water partition coefficient (Wildman–Crippen LogP) is 1.83. The summed E-state index contributed by atoms with van der Waals surface area (Å²) >= 11 is 0. The monoisotopic (exact) mass is 252 g/mol. The number of aromatic nitrogens is 3. The summed E-state index contributed by atoms with van der Waals surface area (Å²) in [5.74, 6) is 2.51. The number of hydrogen-bond acceptors (Lipinski definition) is 6. The zero-order chi connectivity index (χ0) is 13.5. The molecule has 0 aliphatic carbocycles. The molecular formula is C12H24N6. The summed E-state index contributed by atoms with van der Waals surface area (Å²) in [7, 11) is 3.84. The zero-order valence-electron chi connectivity index (χ0n) is 12.0. The molecule has 0 bridgehead atoms. The van der Waals surface area contributed by atoms with E-state index in [4.69, 9.17) is 0 Å². The van der Waals surface area contributed by atoms with Crippen LogP contribution in [0.15, 0.2) is 0 Å². The van der Waals surface area contributed by atoms with E-state index >= 15 is 0 Å². The van der Waals surface area contributed by atoms with Crippen LogP contribution in [0.4, 0.5) is 17.8 Å². The van der Waals surface area contributed by atoms with Gasteiger partial charge in [0, 0.05) is 27.2 Å². The molecule has 0 radical (unpaired) electrons. The van der Waals surface area contributed by atoms with Gasteiger partial charge in [0.25, 0.3) is 0 Å². The summed E-state index contributed by atoms with van der Waals surface area (Å²) in [5.41, 5.74) is 0. The Kier molecular flexibility index (Phi) is 5.61. The first-order valence-electron chi connectivity index (χ1n) is 6.47. The minimum absolute atomic E-state index is 0.604. The number of hydrogen-bond donors (Lipinski definition) is 2. The molecule has 1 aromatic heterocycles. The molecular weight excluding hydrogens is 228 g/mol. The van der Waals surface area contributed by atoms with E-state index in [1.54, 1.807) is 0 Å². The van der Waals surface area contributed by atoms with Gasteiger partial charge in [0.2, 0.25) is 17.8 Å². The first-order chi connectivity index (χ1) is 8.56. The fraction of sp³-hybridized carbons (Fsp3) is 0.750. The van der Waals surface area contributed by atoms with Crippen molar-refractivity contribution in [3.63, 3.8) is 0 Å². The molecule has 0 spiro atoms. The van der Waals surface area contributed by atoms with E-state index in [-0.39, 0.29) is 0 Å². The van der Waals surface area contributed by atoms with Crippen LogP contribution in [0, 0.1) is 5.92 Å². The van der Waals surface area contributed by atoms with Crippen LogP contribution in [-0.4, -0.2) is 42.1 Å². The average Bonchev–Trinajstić information content (AvgIpc) is 2.36. The van der Waals surface area contributed by atoms with Crippen LogP contribution in [0.5, 0.6) is 0 Å². The first-order valence-corrected chi connectivity index (χ1v) is 6.47. The van der Waals surface area contributed by atoms with Crippen LogP contribution in [0.3, 0.4) is 0 Å². The van der Waals surface area contributed by atoms with E-state index in [0.717, 1.165) is 19.5 Å². The van der Waals surface area contributed by atoms with E-state index in [9.17, 15) is 0 Å². The molecule has 0 fully saturated rings. The van der Waals surface area contributed by atoms with Gasteiger partial charge in [0.15, 0.2) is 0 Å². The Morgan fingerprint density at radius 3 is 2.17 bits per heavy atom. The van der Waals surface area contributed by atoms with Crippen molar-refractivity contribution in [2.45, 2.75) is 27.2 Å². The summed E-state index contributed by atoms with van der Waals surface area (Å²) in [6, 6.07) is 0. The van der Waals surface area contributed by atoms with E-state index in [2.05, 4.69) is 39.4 Å². The van der Waals surface area contributed by atoms with E-state index in [1.165, 1.54) is 0 Å². The number of nitrogens with one attached hydrogen (secondary N) is 2. The standard InChI is InChI=1S/C12H24N6/c1-6-9(3)8-14-11-15-10(13-7-2)16-12(17-11)18(4)5/h9H,6-8H2,1-5H3,(H2,13,14,15,16,17). The summed E-state index contributed by atoms with van der Waals surface area (Å²) in [4.78, 5) is 14.9. The van der Waals surface area contributed by atoms with E-state index < -0.39 is 0 Å². The molecule has 1 unspecified atom stereocenters. The molecule has 6 nitrogen and oxygen atoms in total. The molecule has 1 heterocycles. The largest absolute Gasteiger partial charge is 0.354 e. The van der Waals surface area contributed by atoms with Gasteiger partial charge in [-0.15, -0.1) is 0 Å². The van der Waals surface area contributed by atoms with Crippen LogP contribution in [0.2, 0.25) is 0 Å².